The van der Waals surface area contributed by atoms with Gasteiger partial charge in [0.2, 0.25) is 0 Å². The number of carbonyl (C=O) groups excluding carboxylic acids is 1. The third-order valence-electron chi connectivity index (χ3n) is 2.49. The van der Waals surface area contributed by atoms with E-state index in [0.717, 1.165) is 17.5 Å². The van der Waals surface area contributed by atoms with Crippen LogP contribution in [0.15, 0.2) is 18.2 Å². The van der Waals surface area contributed by atoms with Gasteiger partial charge in [-0.05, 0) is 30.5 Å². The fraction of sp³-hybridized carbons (Fsp3) is 0.364. The molecule has 0 spiro atoms. The van der Waals surface area contributed by atoms with Crippen LogP contribution in [0.3, 0.4) is 0 Å². The molecule has 0 fully saturated rings. The quantitative estimate of drug-likeness (QED) is 0.725. The maximum absolute atomic E-state index is 11.4. The Hall–Kier alpha value is -1.35. The second-order valence-electron chi connectivity index (χ2n) is 3.81. The maximum atomic E-state index is 11.4. The predicted molar refractivity (Wildman–Crippen MR) is 55.0 cm³/mol. The molecule has 2 rings (SSSR count). The molecule has 3 heteroatoms. The summed E-state index contributed by atoms with van der Waals surface area (Å²) < 4.78 is 0. The number of carbonyl (C=O) groups is 1. The van der Waals surface area contributed by atoms with Gasteiger partial charge < -0.3 is 11.1 Å². The highest BCUT2D eigenvalue weighted by Gasteiger charge is 2.20. The van der Waals surface area contributed by atoms with Crippen molar-refractivity contribution in [3.63, 3.8) is 0 Å². The van der Waals surface area contributed by atoms with Crippen molar-refractivity contribution in [3.8, 4) is 0 Å². The molecule has 3 nitrogen and oxygen atoms in total. The van der Waals surface area contributed by atoms with E-state index >= 15 is 0 Å². The minimum absolute atomic E-state index is 0.0338. The first-order valence-corrected chi connectivity index (χ1v) is 4.83. The highest BCUT2D eigenvalue weighted by molar-refractivity contribution is 5.98. The first-order valence-electron chi connectivity index (χ1n) is 4.83. The highest BCUT2D eigenvalue weighted by atomic mass is 16.1. The monoisotopic (exact) mass is 190 g/mol. The molecule has 1 aromatic carbocycles. The number of benzene rings is 1. The summed E-state index contributed by atoms with van der Waals surface area (Å²) in [5.74, 6) is 0.0338. The SMILES string of the molecule is CC(N)Cc1cccc2c1CNC2=O. The zero-order valence-electron chi connectivity index (χ0n) is 8.21. The highest BCUT2D eigenvalue weighted by Crippen LogP contribution is 2.20. The molecule has 14 heavy (non-hydrogen) atoms. The van der Waals surface area contributed by atoms with E-state index in [9.17, 15) is 4.79 Å². The number of nitrogens with one attached hydrogen (secondary N) is 1. The molecule has 1 atom stereocenters. The van der Waals surface area contributed by atoms with Crippen LogP contribution in [0.2, 0.25) is 0 Å². The van der Waals surface area contributed by atoms with Crippen molar-refractivity contribution in [1.82, 2.24) is 5.32 Å². The smallest absolute Gasteiger partial charge is 0.251 e. The van der Waals surface area contributed by atoms with Crippen molar-refractivity contribution >= 4 is 5.91 Å². The van der Waals surface area contributed by atoms with Gasteiger partial charge in [-0.1, -0.05) is 12.1 Å². The lowest BCUT2D eigenvalue weighted by molar-refractivity contribution is 0.0966. The first kappa shape index (κ1) is 9.21. The zero-order chi connectivity index (χ0) is 10.1. The van der Waals surface area contributed by atoms with Crippen LogP contribution in [-0.2, 0) is 13.0 Å². The van der Waals surface area contributed by atoms with Gasteiger partial charge in [0.05, 0.1) is 0 Å². The third kappa shape index (κ3) is 1.51. The second kappa shape index (κ2) is 3.42. The summed E-state index contributed by atoms with van der Waals surface area (Å²) in [5.41, 5.74) is 8.87. The average molecular weight is 190 g/mol. The van der Waals surface area contributed by atoms with Crippen molar-refractivity contribution in [2.45, 2.75) is 25.9 Å². The number of hydrogen-bond donors (Lipinski definition) is 2. The molecule has 3 N–H and O–H groups in total. The Balaban J connectivity index is 2.39. The van der Waals surface area contributed by atoms with E-state index in [0.29, 0.717) is 6.54 Å². The van der Waals surface area contributed by atoms with E-state index < -0.39 is 0 Å². The predicted octanol–water partition coefficient (Wildman–Crippen LogP) is 0.820. The molecule has 0 radical (unpaired) electrons. The van der Waals surface area contributed by atoms with Crippen molar-refractivity contribution in [2.24, 2.45) is 5.73 Å². The summed E-state index contributed by atoms with van der Waals surface area (Å²) >= 11 is 0. The summed E-state index contributed by atoms with van der Waals surface area (Å²) in [4.78, 5) is 11.4. The fourth-order valence-electron chi connectivity index (χ4n) is 1.86. The van der Waals surface area contributed by atoms with Crippen molar-refractivity contribution in [3.05, 3.63) is 34.9 Å². The lowest BCUT2D eigenvalue weighted by atomic mass is 9.98. The van der Waals surface area contributed by atoms with Crippen LogP contribution >= 0.6 is 0 Å². The minimum Gasteiger partial charge on any atom is -0.348 e. The van der Waals surface area contributed by atoms with Crippen LogP contribution < -0.4 is 11.1 Å². The van der Waals surface area contributed by atoms with Crippen LogP contribution in [0.1, 0.15) is 28.4 Å². The van der Waals surface area contributed by atoms with Gasteiger partial charge in [0.15, 0.2) is 0 Å². The van der Waals surface area contributed by atoms with Gasteiger partial charge in [-0.2, -0.15) is 0 Å². The van der Waals surface area contributed by atoms with E-state index in [4.69, 9.17) is 5.73 Å². The van der Waals surface area contributed by atoms with E-state index in [2.05, 4.69) is 5.32 Å². The number of fused-ring (bicyclic) bond motifs is 1. The Morgan fingerprint density at radius 2 is 2.36 bits per heavy atom. The van der Waals surface area contributed by atoms with Gasteiger partial charge in [-0.15, -0.1) is 0 Å². The molecular weight excluding hydrogens is 176 g/mol. The second-order valence-corrected chi connectivity index (χ2v) is 3.81. The number of nitrogens with two attached hydrogens (primary N) is 1. The van der Waals surface area contributed by atoms with Crippen molar-refractivity contribution < 1.29 is 4.79 Å². The molecule has 1 heterocycles. The van der Waals surface area contributed by atoms with Gasteiger partial charge in [-0.25, -0.2) is 0 Å². The van der Waals surface area contributed by atoms with E-state index in [-0.39, 0.29) is 11.9 Å². The lowest BCUT2D eigenvalue weighted by Gasteiger charge is -2.08. The molecule has 0 aromatic heterocycles. The summed E-state index contributed by atoms with van der Waals surface area (Å²) in [7, 11) is 0. The molecule has 1 amide bonds. The van der Waals surface area contributed by atoms with Crippen LogP contribution in [0.25, 0.3) is 0 Å². The minimum atomic E-state index is 0.0338. The molecule has 1 aliphatic rings. The standard InChI is InChI=1S/C11H14N2O/c1-7(12)5-8-3-2-4-9-10(8)6-13-11(9)14/h2-4,7H,5-6,12H2,1H3,(H,13,14). The maximum Gasteiger partial charge on any atom is 0.251 e. The van der Waals surface area contributed by atoms with Crippen LogP contribution in [0.4, 0.5) is 0 Å². The summed E-state index contributed by atoms with van der Waals surface area (Å²) in [6.07, 6.45) is 0.831. The zero-order valence-corrected chi connectivity index (χ0v) is 8.21. The lowest BCUT2D eigenvalue weighted by Crippen LogP contribution is -2.18. The van der Waals surface area contributed by atoms with E-state index in [1.807, 2.05) is 25.1 Å². The number of rotatable bonds is 2. The van der Waals surface area contributed by atoms with Gasteiger partial charge >= 0.3 is 0 Å². The first-order chi connectivity index (χ1) is 6.68. The number of hydrogen-bond acceptors (Lipinski definition) is 2. The molecule has 0 saturated carbocycles. The average Bonchev–Trinajstić information content (AvgIpc) is 2.49. The van der Waals surface area contributed by atoms with E-state index in [1.165, 1.54) is 5.56 Å². The normalized spacial score (nSPS) is 16.3. The summed E-state index contributed by atoms with van der Waals surface area (Å²) in [5, 5.41) is 2.82. The van der Waals surface area contributed by atoms with Crippen LogP contribution in [0.5, 0.6) is 0 Å². The Kier molecular flexibility index (Phi) is 2.25. The molecule has 74 valence electrons. The molecule has 0 bridgehead atoms. The van der Waals surface area contributed by atoms with Gasteiger partial charge in [0, 0.05) is 18.2 Å². The Morgan fingerprint density at radius 1 is 1.57 bits per heavy atom. The molecule has 1 aliphatic heterocycles. The van der Waals surface area contributed by atoms with Crippen molar-refractivity contribution in [2.75, 3.05) is 0 Å². The van der Waals surface area contributed by atoms with Crippen LogP contribution in [0, 0.1) is 0 Å². The van der Waals surface area contributed by atoms with Crippen LogP contribution in [-0.4, -0.2) is 11.9 Å². The van der Waals surface area contributed by atoms with Crippen molar-refractivity contribution in [1.29, 1.82) is 0 Å². The molecule has 1 unspecified atom stereocenters. The fourth-order valence-corrected chi connectivity index (χ4v) is 1.86. The molecule has 0 aliphatic carbocycles. The van der Waals surface area contributed by atoms with Gasteiger partial charge in [0.25, 0.3) is 5.91 Å². The molecule has 1 aromatic rings. The Bertz CT molecular complexity index is 372. The van der Waals surface area contributed by atoms with Gasteiger partial charge in [-0.3, -0.25) is 4.79 Å². The Morgan fingerprint density at radius 3 is 3.07 bits per heavy atom. The summed E-state index contributed by atoms with van der Waals surface area (Å²) in [6, 6.07) is 5.96. The molecule has 0 saturated heterocycles. The largest absolute Gasteiger partial charge is 0.348 e. The third-order valence-corrected chi connectivity index (χ3v) is 2.49. The summed E-state index contributed by atoms with van der Waals surface area (Å²) in [6.45, 7) is 2.63. The van der Waals surface area contributed by atoms with Gasteiger partial charge in [0.1, 0.15) is 0 Å². The molecular formula is C11H14N2O. The Labute approximate surface area is 83.3 Å². The van der Waals surface area contributed by atoms with E-state index in [1.54, 1.807) is 0 Å². The number of amides is 1. The topological polar surface area (TPSA) is 55.1 Å².